The molecule has 1 aliphatic rings. The van der Waals surface area contributed by atoms with Gasteiger partial charge in [0.25, 0.3) is 0 Å². The van der Waals surface area contributed by atoms with Crippen molar-refractivity contribution in [2.75, 3.05) is 17.1 Å². The molecular weight excluding hydrogens is 505 g/mol. The van der Waals surface area contributed by atoms with Gasteiger partial charge in [0, 0.05) is 30.6 Å². The third-order valence-electron chi connectivity index (χ3n) is 6.40. The third kappa shape index (κ3) is 7.93. The minimum Gasteiger partial charge on any atom is -0.352 e. The molecule has 1 fully saturated rings. The van der Waals surface area contributed by atoms with Crippen LogP contribution in [-0.2, 0) is 26.2 Å². The summed E-state index contributed by atoms with van der Waals surface area (Å²) < 4.78 is 39.4. The Balaban J connectivity index is 1.70. The van der Waals surface area contributed by atoms with Gasteiger partial charge < -0.3 is 10.2 Å². The zero-order valence-corrected chi connectivity index (χ0v) is 22.2. The van der Waals surface area contributed by atoms with Crippen molar-refractivity contribution in [2.45, 2.75) is 64.1 Å². The van der Waals surface area contributed by atoms with Gasteiger partial charge in [-0.25, -0.2) is 12.8 Å². The van der Waals surface area contributed by atoms with Crippen molar-refractivity contribution in [3.63, 3.8) is 0 Å². The average Bonchev–Trinajstić information content (AvgIpc) is 3.34. The summed E-state index contributed by atoms with van der Waals surface area (Å²) in [7, 11) is -3.58. The van der Waals surface area contributed by atoms with Crippen LogP contribution < -0.4 is 9.62 Å². The Kier molecular flexibility index (Phi) is 9.73. The van der Waals surface area contributed by atoms with E-state index in [1.54, 1.807) is 43.3 Å². The van der Waals surface area contributed by atoms with Crippen LogP contribution in [0.15, 0.2) is 48.5 Å². The molecule has 2 amide bonds. The Bertz CT molecular complexity index is 1140. The van der Waals surface area contributed by atoms with Crippen LogP contribution >= 0.6 is 11.6 Å². The summed E-state index contributed by atoms with van der Waals surface area (Å²) in [6.07, 6.45) is 5.41. The van der Waals surface area contributed by atoms with Gasteiger partial charge in [0.2, 0.25) is 21.8 Å². The Hall–Kier alpha value is -2.65. The van der Waals surface area contributed by atoms with E-state index in [1.165, 1.54) is 21.3 Å². The Morgan fingerprint density at radius 2 is 1.69 bits per heavy atom. The second-order valence-electron chi connectivity index (χ2n) is 9.23. The number of nitrogens with one attached hydrogen (secondary N) is 1. The topological polar surface area (TPSA) is 86.8 Å². The van der Waals surface area contributed by atoms with Crippen molar-refractivity contribution in [1.82, 2.24) is 10.2 Å². The lowest BCUT2D eigenvalue weighted by molar-refractivity contribution is -0.141. The van der Waals surface area contributed by atoms with E-state index in [4.69, 9.17) is 11.6 Å². The van der Waals surface area contributed by atoms with Crippen molar-refractivity contribution in [2.24, 2.45) is 0 Å². The molecule has 0 radical (unpaired) electrons. The van der Waals surface area contributed by atoms with E-state index in [9.17, 15) is 22.4 Å². The molecule has 1 aliphatic carbocycles. The molecule has 1 atom stereocenters. The second-order valence-corrected chi connectivity index (χ2v) is 11.6. The molecule has 0 heterocycles. The lowest BCUT2D eigenvalue weighted by Crippen LogP contribution is -2.49. The first-order valence-corrected chi connectivity index (χ1v) is 14.3. The molecule has 7 nitrogen and oxygen atoms in total. The van der Waals surface area contributed by atoms with Gasteiger partial charge in [-0.3, -0.25) is 13.9 Å². The van der Waals surface area contributed by atoms with Gasteiger partial charge in [0.15, 0.2) is 0 Å². The molecule has 3 rings (SSSR count). The number of benzene rings is 2. The van der Waals surface area contributed by atoms with E-state index in [0.29, 0.717) is 16.3 Å². The molecule has 1 N–H and O–H groups in total. The average molecular weight is 538 g/mol. The van der Waals surface area contributed by atoms with E-state index < -0.39 is 16.1 Å². The molecule has 2 aromatic carbocycles. The van der Waals surface area contributed by atoms with E-state index in [2.05, 4.69) is 5.32 Å². The van der Waals surface area contributed by atoms with Crippen molar-refractivity contribution in [3.05, 3.63) is 64.9 Å². The smallest absolute Gasteiger partial charge is 0.242 e. The standard InChI is InChI=1S/C26H33ClFN3O4S/c1-19(26(33)29-23-6-3-4-7-23)30(18-20-9-13-22(28)14-10-20)25(32)8-5-17-31(36(2,34)35)24-15-11-21(27)12-16-24/h9-16,19,23H,3-8,17-18H2,1-2H3,(H,29,33)/t19-/m0/s1. The summed E-state index contributed by atoms with van der Waals surface area (Å²) in [4.78, 5) is 27.7. The fraction of sp³-hybridized carbons (Fsp3) is 0.462. The van der Waals surface area contributed by atoms with Crippen molar-refractivity contribution in [1.29, 1.82) is 0 Å². The number of sulfonamides is 1. The molecule has 1 saturated carbocycles. The Labute approximate surface area is 217 Å². The maximum Gasteiger partial charge on any atom is 0.242 e. The van der Waals surface area contributed by atoms with Crippen LogP contribution in [0.3, 0.4) is 0 Å². The number of rotatable bonds is 11. The zero-order chi connectivity index (χ0) is 26.3. The number of hydrogen-bond acceptors (Lipinski definition) is 4. The second kappa shape index (κ2) is 12.5. The zero-order valence-electron chi connectivity index (χ0n) is 20.6. The number of carbonyl (C=O) groups excluding carboxylic acids is 2. The molecular formula is C26H33ClFN3O4S. The maximum absolute atomic E-state index is 13.4. The van der Waals surface area contributed by atoms with Crippen LogP contribution in [0.25, 0.3) is 0 Å². The summed E-state index contributed by atoms with van der Waals surface area (Å²) >= 11 is 5.92. The highest BCUT2D eigenvalue weighted by atomic mass is 35.5. The number of halogens is 2. The van der Waals surface area contributed by atoms with E-state index in [0.717, 1.165) is 31.9 Å². The SMILES string of the molecule is C[C@@H](C(=O)NC1CCCC1)N(Cc1ccc(F)cc1)C(=O)CCCN(c1ccc(Cl)cc1)S(C)(=O)=O. The summed E-state index contributed by atoms with van der Waals surface area (Å²) in [5.74, 6) is -0.888. The van der Waals surface area contributed by atoms with Crippen LogP contribution in [0.1, 0.15) is 51.0 Å². The molecule has 0 spiro atoms. The maximum atomic E-state index is 13.4. The predicted octanol–water partition coefficient (Wildman–Crippen LogP) is 4.50. The van der Waals surface area contributed by atoms with Gasteiger partial charge in [-0.15, -0.1) is 0 Å². The summed E-state index contributed by atoms with van der Waals surface area (Å²) in [6.45, 7) is 1.92. The van der Waals surface area contributed by atoms with Gasteiger partial charge in [-0.1, -0.05) is 36.6 Å². The quantitative estimate of drug-likeness (QED) is 0.457. The molecule has 10 heteroatoms. The fourth-order valence-corrected chi connectivity index (χ4v) is 5.46. The molecule has 2 aromatic rings. The van der Waals surface area contributed by atoms with Crippen molar-refractivity contribution >= 4 is 39.1 Å². The highest BCUT2D eigenvalue weighted by molar-refractivity contribution is 7.92. The third-order valence-corrected chi connectivity index (χ3v) is 7.85. The number of hydrogen-bond donors (Lipinski definition) is 1. The van der Waals surface area contributed by atoms with E-state index in [1.807, 2.05) is 0 Å². The van der Waals surface area contributed by atoms with E-state index >= 15 is 0 Å². The fourth-order valence-electron chi connectivity index (χ4n) is 4.37. The Morgan fingerprint density at radius 1 is 1.08 bits per heavy atom. The molecule has 0 unspecified atom stereocenters. The highest BCUT2D eigenvalue weighted by Crippen LogP contribution is 2.22. The predicted molar refractivity (Wildman–Crippen MR) is 140 cm³/mol. The number of nitrogens with zero attached hydrogens (tertiary/aromatic N) is 2. The van der Waals surface area contributed by atoms with Gasteiger partial charge in [0.05, 0.1) is 11.9 Å². The number of carbonyl (C=O) groups is 2. The first-order chi connectivity index (χ1) is 17.0. The summed E-state index contributed by atoms with van der Waals surface area (Å²) in [5.41, 5.74) is 1.16. The van der Waals surface area contributed by atoms with Gasteiger partial charge in [-0.05, 0) is 68.1 Å². The minimum atomic E-state index is -3.58. The van der Waals surface area contributed by atoms with Gasteiger partial charge in [-0.2, -0.15) is 0 Å². The molecule has 196 valence electrons. The number of anilines is 1. The lowest BCUT2D eigenvalue weighted by atomic mass is 10.1. The first-order valence-electron chi connectivity index (χ1n) is 12.1. The largest absolute Gasteiger partial charge is 0.352 e. The first kappa shape index (κ1) is 27.9. The van der Waals surface area contributed by atoms with Crippen LogP contribution in [-0.4, -0.2) is 50.0 Å². The normalized spacial score (nSPS) is 14.9. The monoisotopic (exact) mass is 537 g/mol. The lowest BCUT2D eigenvalue weighted by Gasteiger charge is -2.30. The van der Waals surface area contributed by atoms with Gasteiger partial charge >= 0.3 is 0 Å². The number of amides is 2. The highest BCUT2D eigenvalue weighted by Gasteiger charge is 2.28. The van der Waals surface area contributed by atoms with Crippen molar-refractivity contribution < 1.29 is 22.4 Å². The summed E-state index contributed by atoms with van der Waals surface area (Å²) in [5, 5.41) is 3.53. The summed E-state index contributed by atoms with van der Waals surface area (Å²) in [6, 6.07) is 11.6. The van der Waals surface area contributed by atoms with E-state index in [-0.39, 0.29) is 49.6 Å². The van der Waals surface area contributed by atoms with Crippen LogP contribution in [0.4, 0.5) is 10.1 Å². The molecule has 0 aliphatic heterocycles. The molecule has 36 heavy (non-hydrogen) atoms. The molecule has 0 bridgehead atoms. The van der Waals surface area contributed by atoms with Gasteiger partial charge in [0.1, 0.15) is 11.9 Å². The molecule has 0 saturated heterocycles. The van der Waals surface area contributed by atoms with Crippen LogP contribution in [0.2, 0.25) is 5.02 Å². The minimum absolute atomic E-state index is 0.0435. The van der Waals surface area contributed by atoms with Crippen molar-refractivity contribution in [3.8, 4) is 0 Å². The van der Waals surface area contributed by atoms with Crippen LogP contribution in [0.5, 0.6) is 0 Å². The molecule has 0 aromatic heterocycles. The van der Waals surface area contributed by atoms with Crippen LogP contribution in [0, 0.1) is 5.82 Å². The Morgan fingerprint density at radius 3 is 2.28 bits per heavy atom.